The van der Waals surface area contributed by atoms with Crippen LogP contribution in [-0.2, 0) is 9.59 Å². The fraction of sp³-hybridized carbons (Fsp3) is 0.348. The first-order valence-electron chi connectivity index (χ1n) is 11.2. The van der Waals surface area contributed by atoms with Crippen molar-refractivity contribution in [2.24, 2.45) is 0 Å². The van der Waals surface area contributed by atoms with Gasteiger partial charge in [-0.15, -0.1) is 11.3 Å². The lowest BCUT2D eigenvalue weighted by Gasteiger charge is -2.35. The van der Waals surface area contributed by atoms with Crippen LogP contribution < -0.4 is 10.2 Å². The molecule has 0 radical (unpaired) electrons. The number of hydrogen-bond donors (Lipinski definition) is 3. The van der Waals surface area contributed by atoms with E-state index < -0.39 is 18.1 Å². The number of aryl methyl sites for hydroxylation is 2. The Morgan fingerprint density at radius 1 is 1.08 bits per heavy atom. The van der Waals surface area contributed by atoms with Gasteiger partial charge in [-0.05, 0) is 38.1 Å². The van der Waals surface area contributed by atoms with Crippen LogP contribution in [0, 0.1) is 13.8 Å². The van der Waals surface area contributed by atoms with E-state index in [9.17, 15) is 18.0 Å². The normalized spacial score (nSPS) is 14.0. The van der Waals surface area contributed by atoms with Crippen LogP contribution in [0.3, 0.4) is 0 Å². The summed E-state index contributed by atoms with van der Waals surface area (Å²) >= 11 is 7.91. The van der Waals surface area contributed by atoms with Crippen LogP contribution in [-0.4, -0.2) is 80.9 Å². The number of rotatable bonds is 6. The minimum atomic E-state index is -5.08. The Morgan fingerprint density at radius 2 is 1.68 bits per heavy atom. The number of halogens is 4. The van der Waals surface area contributed by atoms with Crippen molar-refractivity contribution in [1.82, 2.24) is 19.9 Å². The van der Waals surface area contributed by atoms with Gasteiger partial charge in [-0.3, -0.25) is 9.69 Å². The van der Waals surface area contributed by atoms with Gasteiger partial charge < -0.3 is 20.4 Å². The van der Waals surface area contributed by atoms with E-state index in [-0.39, 0.29) is 6.54 Å². The van der Waals surface area contributed by atoms with Crippen molar-refractivity contribution in [3.8, 4) is 10.6 Å². The quantitative estimate of drug-likeness (QED) is 0.389. The molecule has 0 atom stereocenters. The van der Waals surface area contributed by atoms with Crippen LogP contribution in [0.25, 0.3) is 10.6 Å². The molecule has 1 aromatic carbocycles. The standard InChI is InChI=1S/C21H23ClN6O2S.C2HF3O2/c1-13-20(31-14(2)24-13)19-17(22)11-23-21(26-19)25-15-3-5-16(6-4-15)28-9-7-27(8-10-28)12-18(29)30;3-2(4,5)1(6)7/h3-6,11H,7-10,12H2,1-2H3,(H,29,30)(H,23,25,26);(H,6,7). The van der Waals surface area contributed by atoms with Gasteiger partial charge >= 0.3 is 18.1 Å². The summed E-state index contributed by atoms with van der Waals surface area (Å²) in [6.45, 7) is 7.09. The van der Waals surface area contributed by atoms with E-state index in [1.165, 1.54) is 0 Å². The zero-order valence-electron chi connectivity index (χ0n) is 20.3. The molecule has 1 aliphatic heterocycles. The fourth-order valence-electron chi connectivity index (χ4n) is 3.58. The fourth-order valence-corrected chi connectivity index (χ4v) is 4.74. The number of piperazine rings is 1. The van der Waals surface area contributed by atoms with Gasteiger partial charge in [-0.1, -0.05) is 11.6 Å². The van der Waals surface area contributed by atoms with E-state index in [4.69, 9.17) is 26.6 Å². The van der Waals surface area contributed by atoms with Crippen LogP contribution in [0.1, 0.15) is 10.7 Å². The molecule has 0 bridgehead atoms. The maximum absolute atomic E-state index is 10.9. The van der Waals surface area contributed by atoms with Crippen molar-refractivity contribution in [3.05, 3.63) is 46.2 Å². The molecular formula is C23H24ClF3N6O4S. The van der Waals surface area contributed by atoms with Crippen LogP contribution >= 0.6 is 22.9 Å². The minimum Gasteiger partial charge on any atom is -0.480 e. The Balaban J connectivity index is 0.000000505. The largest absolute Gasteiger partial charge is 0.490 e. The highest BCUT2D eigenvalue weighted by molar-refractivity contribution is 7.15. The first-order valence-corrected chi connectivity index (χ1v) is 12.4. The Bertz CT molecular complexity index is 1280. The molecule has 0 unspecified atom stereocenters. The number of thiazole rings is 1. The van der Waals surface area contributed by atoms with Gasteiger partial charge in [0.1, 0.15) is 5.69 Å². The van der Waals surface area contributed by atoms with Gasteiger partial charge in [0.15, 0.2) is 0 Å². The Kier molecular flexibility index (Phi) is 9.46. The number of alkyl halides is 3. The summed E-state index contributed by atoms with van der Waals surface area (Å²) in [5, 5.41) is 20.8. The van der Waals surface area contributed by atoms with Gasteiger partial charge in [0.05, 0.1) is 33.3 Å². The first-order chi connectivity index (χ1) is 17.8. The maximum Gasteiger partial charge on any atom is 0.490 e. The highest BCUT2D eigenvalue weighted by Crippen LogP contribution is 2.34. The second-order valence-corrected chi connectivity index (χ2v) is 9.78. The highest BCUT2D eigenvalue weighted by atomic mass is 35.5. The Morgan fingerprint density at radius 3 is 2.18 bits per heavy atom. The molecule has 4 rings (SSSR count). The lowest BCUT2D eigenvalue weighted by molar-refractivity contribution is -0.192. The number of carboxylic acids is 2. The summed E-state index contributed by atoms with van der Waals surface area (Å²) in [4.78, 5) is 38.3. The second-order valence-electron chi connectivity index (χ2n) is 8.17. The smallest absolute Gasteiger partial charge is 0.480 e. The monoisotopic (exact) mass is 572 g/mol. The molecule has 1 saturated heterocycles. The van der Waals surface area contributed by atoms with Gasteiger partial charge in [-0.2, -0.15) is 13.2 Å². The number of nitrogens with one attached hydrogen (secondary N) is 1. The predicted octanol–water partition coefficient (Wildman–Crippen LogP) is 4.45. The number of anilines is 3. The third kappa shape index (κ3) is 8.00. The summed E-state index contributed by atoms with van der Waals surface area (Å²) in [6.07, 6.45) is -3.48. The number of carboxylic acid groups (broad SMARTS) is 2. The van der Waals surface area contributed by atoms with Gasteiger partial charge in [0.25, 0.3) is 0 Å². The molecule has 1 fully saturated rings. The van der Waals surface area contributed by atoms with E-state index in [0.717, 1.165) is 53.1 Å². The lowest BCUT2D eigenvalue weighted by Crippen LogP contribution is -2.47. The molecule has 0 amide bonds. The van der Waals surface area contributed by atoms with Crippen molar-refractivity contribution in [1.29, 1.82) is 0 Å². The summed E-state index contributed by atoms with van der Waals surface area (Å²) in [5.74, 6) is -3.07. The zero-order valence-corrected chi connectivity index (χ0v) is 21.9. The van der Waals surface area contributed by atoms with Crippen LogP contribution in [0.2, 0.25) is 5.02 Å². The van der Waals surface area contributed by atoms with E-state index in [0.29, 0.717) is 16.7 Å². The molecule has 38 heavy (non-hydrogen) atoms. The molecule has 3 heterocycles. The van der Waals surface area contributed by atoms with Gasteiger partial charge in [0, 0.05) is 37.6 Å². The molecule has 15 heteroatoms. The molecule has 0 spiro atoms. The van der Waals surface area contributed by atoms with Crippen LogP contribution in [0.5, 0.6) is 0 Å². The third-order valence-electron chi connectivity index (χ3n) is 5.32. The van der Waals surface area contributed by atoms with Gasteiger partial charge in [0.2, 0.25) is 5.95 Å². The van der Waals surface area contributed by atoms with Gasteiger partial charge in [-0.25, -0.2) is 19.7 Å². The summed E-state index contributed by atoms with van der Waals surface area (Å²) in [7, 11) is 0. The Hall–Kier alpha value is -3.49. The van der Waals surface area contributed by atoms with Crippen molar-refractivity contribution in [3.63, 3.8) is 0 Å². The number of aromatic nitrogens is 3. The van der Waals surface area contributed by atoms with E-state index in [2.05, 4.69) is 25.2 Å². The average molecular weight is 573 g/mol. The zero-order chi connectivity index (χ0) is 28.0. The van der Waals surface area contributed by atoms with E-state index in [1.54, 1.807) is 17.5 Å². The number of hydrogen-bond acceptors (Lipinski definition) is 9. The summed E-state index contributed by atoms with van der Waals surface area (Å²) in [5.41, 5.74) is 3.56. The summed E-state index contributed by atoms with van der Waals surface area (Å²) in [6, 6.07) is 8.06. The third-order valence-corrected chi connectivity index (χ3v) is 6.68. The molecule has 10 nitrogen and oxygen atoms in total. The van der Waals surface area contributed by atoms with E-state index >= 15 is 0 Å². The summed E-state index contributed by atoms with van der Waals surface area (Å²) < 4.78 is 31.7. The molecule has 204 valence electrons. The second kappa shape index (κ2) is 12.4. The molecule has 2 aromatic heterocycles. The van der Waals surface area contributed by atoms with Crippen molar-refractivity contribution in [2.45, 2.75) is 20.0 Å². The molecule has 3 N–H and O–H groups in total. The van der Waals surface area contributed by atoms with Crippen molar-refractivity contribution >= 4 is 52.2 Å². The predicted molar refractivity (Wildman–Crippen MR) is 137 cm³/mol. The van der Waals surface area contributed by atoms with Crippen LogP contribution in [0.15, 0.2) is 30.5 Å². The number of nitrogens with zero attached hydrogens (tertiary/aromatic N) is 5. The first kappa shape index (κ1) is 29.1. The van der Waals surface area contributed by atoms with Crippen LogP contribution in [0.4, 0.5) is 30.5 Å². The highest BCUT2D eigenvalue weighted by Gasteiger charge is 2.38. The molecule has 0 aliphatic carbocycles. The van der Waals surface area contributed by atoms with Crippen molar-refractivity contribution < 1.29 is 33.0 Å². The molecule has 1 aliphatic rings. The number of benzene rings is 1. The minimum absolute atomic E-state index is 0.0976. The molecule has 0 saturated carbocycles. The topological polar surface area (TPSA) is 132 Å². The number of carbonyl (C=O) groups is 2. The maximum atomic E-state index is 10.9. The average Bonchev–Trinajstić information content (AvgIpc) is 3.18. The SMILES string of the molecule is Cc1nc(C)c(-c2nc(Nc3ccc(N4CCN(CC(=O)O)CC4)cc3)ncc2Cl)s1.O=C(O)C(F)(F)F. The van der Waals surface area contributed by atoms with Crippen molar-refractivity contribution in [2.75, 3.05) is 42.9 Å². The molecular weight excluding hydrogens is 549 g/mol. The Labute approximate surface area is 224 Å². The number of aliphatic carboxylic acids is 2. The lowest BCUT2D eigenvalue weighted by atomic mass is 10.2. The van der Waals surface area contributed by atoms with E-state index in [1.807, 2.05) is 43.0 Å². The molecule has 3 aromatic rings.